The zero-order valence-corrected chi connectivity index (χ0v) is 9.94. The highest BCUT2D eigenvalue weighted by Crippen LogP contribution is 2.15. The van der Waals surface area contributed by atoms with E-state index < -0.39 is 0 Å². The number of benzene rings is 1. The molecule has 1 heterocycles. The Balaban J connectivity index is 1.93. The van der Waals surface area contributed by atoms with Crippen molar-refractivity contribution in [1.82, 2.24) is 9.97 Å². The van der Waals surface area contributed by atoms with Crippen molar-refractivity contribution in [3.05, 3.63) is 34.6 Å². The molecule has 0 atom stereocenters. The van der Waals surface area contributed by atoms with Crippen molar-refractivity contribution in [2.75, 3.05) is 5.43 Å². The second-order valence-electron chi connectivity index (χ2n) is 4.43. The molecular formula is C13H14N4O. The lowest BCUT2D eigenvalue weighted by Gasteiger charge is -2.02. The topological polar surface area (TPSA) is 70.1 Å². The van der Waals surface area contributed by atoms with Gasteiger partial charge in [-0.2, -0.15) is 5.10 Å². The van der Waals surface area contributed by atoms with Crippen LogP contribution in [-0.4, -0.2) is 15.7 Å². The number of H-pyrrole nitrogens is 1. The number of hydrazone groups is 1. The highest BCUT2D eigenvalue weighted by molar-refractivity contribution is 5.86. The van der Waals surface area contributed by atoms with Crippen LogP contribution in [0.25, 0.3) is 10.9 Å². The van der Waals surface area contributed by atoms with Gasteiger partial charge in [0.05, 0.1) is 10.9 Å². The second kappa shape index (κ2) is 4.60. The fourth-order valence-corrected chi connectivity index (χ4v) is 2.17. The summed E-state index contributed by atoms with van der Waals surface area (Å²) in [6, 6.07) is 7.26. The van der Waals surface area contributed by atoms with Crippen LogP contribution in [0.1, 0.15) is 25.7 Å². The van der Waals surface area contributed by atoms with Crippen LogP contribution in [0.4, 0.5) is 5.95 Å². The number of para-hydroxylation sites is 1. The van der Waals surface area contributed by atoms with Crippen molar-refractivity contribution in [2.45, 2.75) is 25.7 Å². The highest BCUT2D eigenvalue weighted by Gasteiger charge is 2.08. The van der Waals surface area contributed by atoms with Crippen LogP contribution >= 0.6 is 0 Å². The summed E-state index contributed by atoms with van der Waals surface area (Å²) in [5.41, 5.74) is 4.52. The number of aromatic amines is 1. The van der Waals surface area contributed by atoms with Crippen LogP contribution < -0.4 is 11.0 Å². The van der Waals surface area contributed by atoms with Crippen LogP contribution in [-0.2, 0) is 0 Å². The Bertz CT molecular complexity index is 651. The van der Waals surface area contributed by atoms with E-state index in [4.69, 9.17) is 0 Å². The predicted octanol–water partition coefficient (Wildman–Crippen LogP) is 2.27. The van der Waals surface area contributed by atoms with Gasteiger partial charge in [0.25, 0.3) is 5.56 Å². The van der Waals surface area contributed by atoms with Gasteiger partial charge in [0.15, 0.2) is 0 Å². The van der Waals surface area contributed by atoms with E-state index in [0.717, 1.165) is 18.6 Å². The number of anilines is 1. The van der Waals surface area contributed by atoms with Gasteiger partial charge in [0.1, 0.15) is 0 Å². The lowest BCUT2D eigenvalue weighted by Crippen LogP contribution is -2.11. The van der Waals surface area contributed by atoms with E-state index in [1.165, 1.54) is 12.8 Å². The van der Waals surface area contributed by atoms with Gasteiger partial charge in [0, 0.05) is 5.71 Å². The summed E-state index contributed by atoms with van der Waals surface area (Å²) in [6.07, 6.45) is 4.46. The summed E-state index contributed by atoms with van der Waals surface area (Å²) in [5.74, 6) is 0.401. The third-order valence-corrected chi connectivity index (χ3v) is 3.11. The normalized spacial score (nSPS) is 15.0. The lowest BCUT2D eigenvalue weighted by molar-refractivity contribution is 0.886. The van der Waals surface area contributed by atoms with E-state index in [0.29, 0.717) is 16.9 Å². The third-order valence-electron chi connectivity index (χ3n) is 3.11. The fraction of sp³-hybridized carbons (Fsp3) is 0.308. The molecule has 3 rings (SSSR count). The molecule has 0 spiro atoms. The van der Waals surface area contributed by atoms with Gasteiger partial charge in [-0.25, -0.2) is 10.4 Å². The molecule has 1 aliphatic rings. The van der Waals surface area contributed by atoms with Crippen molar-refractivity contribution in [2.24, 2.45) is 5.10 Å². The summed E-state index contributed by atoms with van der Waals surface area (Å²) in [4.78, 5) is 18.8. The molecule has 5 nitrogen and oxygen atoms in total. The standard InChI is InChI=1S/C13H14N4O/c18-12-10-7-3-4-8-11(10)14-13(15-12)17-16-9-5-1-2-6-9/h3-4,7-8H,1-2,5-6H2,(H2,14,15,17,18). The minimum atomic E-state index is -0.144. The molecule has 0 aliphatic heterocycles. The molecule has 0 unspecified atom stereocenters. The molecule has 1 saturated carbocycles. The first-order valence-corrected chi connectivity index (χ1v) is 6.13. The summed E-state index contributed by atoms with van der Waals surface area (Å²) in [5, 5.41) is 4.87. The number of hydrogen-bond donors (Lipinski definition) is 2. The van der Waals surface area contributed by atoms with Crippen molar-refractivity contribution in [1.29, 1.82) is 0 Å². The van der Waals surface area contributed by atoms with Crippen LogP contribution in [0.2, 0.25) is 0 Å². The average molecular weight is 242 g/mol. The van der Waals surface area contributed by atoms with Gasteiger partial charge >= 0.3 is 0 Å². The van der Waals surface area contributed by atoms with Crippen molar-refractivity contribution >= 4 is 22.6 Å². The monoisotopic (exact) mass is 242 g/mol. The van der Waals surface area contributed by atoms with Gasteiger partial charge in [-0.15, -0.1) is 0 Å². The maximum Gasteiger partial charge on any atom is 0.260 e. The smallest absolute Gasteiger partial charge is 0.260 e. The maximum absolute atomic E-state index is 11.8. The Labute approximate surface area is 104 Å². The zero-order valence-electron chi connectivity index (χ0n) is 9.94. The Hall–Kier alpha value is -2.17. The number of aromatic nitrogens is 2. The van der Waals surface area contributed by atoms with Crippen molar-refractivity contribution in [3.63, 3.8) is 0 Å². The van der Waals surface area contributed by atoms with Gasteiger partial charge in [-0.3, -0.25) is 9.78 Å². The molecule has 0 amide bonds. The minimum absolute atomic E-state index is 0.144. The van der Waals surface area contributed by atoms with E-state index in [-0.39, 0.29) is 5.56 Å². The number of nitrogens with one attached hydrogen (secondary N) is 2. The number of rotatable bonds is 2. The molecule has 1 aromatic heterocycles. The van der Waals surface area contributed by atoms with E-state index in [9.17, 15) is 4.79 Å². The lowest BCUT2D eigenvalue weighted by atomic mass is 10.2. The van der Waals surface area contributed by atoms with Crippen molar-refractivity contribution < 1.29 is 0 Å². The van der Waals surface area contributed by atoms with Crippen LogP contribution in [0, 0.1) is 0 Å². The molecule has 2 aromatic rings. The van der Waals surface area contributed by atoms with E-state index in [2.05, 4.69) is 20.5 Å². The zero-order chi connectivity index (χ0) is 12.4. The Morgan fingerprint density at radius 2 is 2.00 bits per heavy atom. The quantitative estimate of drug-likeness (QED) is 0.793. The molecule has 92 valence electrons. The van der Waals surface area contributed by atoms with Crippen LogP contribution in [0.5, 0.6) is 0 Å². The number of nitrogens with zero attached hydrogens (tertiary/aromatic N) is 2. The van der Waals surface area contributed by atoms with Gasteiger partial charge < -0.3 is 0 Å². The molecule has 0 saturated heterocycles. The summed E-state index contributed by atoms with van der Waals surface area (Å²) >= 11 is 0. The van der Waals surface area contributed by atoms with Gasteiger partial charge in [-0.1, -0.05) is 12.1 Å². The summed E-state index contributed by atoms with van der Waals surface area (Å²) < 4.78 is 0. The largest absolute Gasteiger partial charge is 0.291 e. The van der Waals surface area contributed by atoms with E-state index in [1.54, 1.807) is 6.07 Å². The summed E-state index contributed by atoms with van der Waals surface area (Å²) in [7, 11) is 0. The van der Waals surface area contributed by atoms with Gasteiger partial charge in [0.2, 0.25) is 5.95 Å². The minimum Gasteiger partial charge on any atom is -0.291 e. The molecular weight excluding hydrogens is 228 g/mol. The first kappa shape index (κ1) is 11.0. The summed E-state index contributed by atoms with van der Waals surface area (Å²) in [6.45, 7) is 0. The Morgan fingerprint density at radius 3 is 2.83 bits per heavy atom. The average Bonchev–Trinajstić information content (AvgIpc) is 2.90. The Kier molecular flexibility index (Phi) is 2.80. The van der Waals surface area contributed by atoms with E-state index in [1.807, 2.05) is 18.2 Å². The maximum atomic E-state index is 11.8. The second-order valence-corrected chi connectivity index (χ2v) is 4.43. The molecule has 2 N–H and O–H groups in total. The molecule has 0 radical (unpaired) electrons. The van der Waals surface area contributed by atoms with Crippen LogP contribution in [0.3, 0.4) is 0 Å². The van der Waals surface area contributed by atoms with E-state index >= 15 is 0 Å². The SMILES string of the molecule is O=c1[nH]c(NN=C2CCCC2)nc2ccccc12. The molecule has 1 aromatic carbocycles. The van der Waals surface area contributed by atoms with Crippen molar-refractivity contribution in [3.8, 4) is 0 Å². The molecule has 18 heavy (non-hydrogen) atoms. The highest BCUT2D eigenvalue weighted by atomic mass is 16.1. The molecule has 0 bridgehead atoms. The van der Waals surface area contributed by atoms with Crippen LogP contribution in [0.15, 0.2) is 34.2 Å². The molecule has 1 fully saturated rings. The fourth-order valence-electron chi connectivity index (χ4n) is 2.17. The predicted molar refractivity (Wildman–Crippen MR) is 71.9 cm³/mol. The third kappa shape index (κ3) is 2.11. The number of fused-ring (bicyclic) bond motifs is 1. The first-order valence-electron chi connectivity index (χ1n) is 6.13. The van der Waals surface area contributed by atoms with Gasteiger partial charge in [-0.05, 0) is 37.8 Å². The Morgan fingerprint density at radius 1 is 1.22 bits per heavy atom. The molecule has 1 aliphatic carbocycles. The number of hydrogen-bond acceptors (Lipinski definition) is 4. The molecule has 5 heteroatoms. The first-order chi connectivity index (χ1) is 8.83.